The van der Waals surface area contributed by atoms with Gasteiger partial charge in [-0.05, 0) is 12.0 Å². The van der Waals surface area contributed by atoms with Crippen molar-refractivity contribution in [2.75, 3.05) is 13.7 Å². The molecule has 78 valence electrons. The number of rotatable bonds is 5. The highest BCUT2D eigenvalue weighted by molar-refractivity contribution is 14.1. The fourth-order valence-corrected chi connectivity index (χ4v) is 1.67. The third-order valence-corrected chi connectivity index (χ3v) is 2.83. The number of aryl methyl sites for hydroxylation is 1. The van der Waals surface area contributed by atoms with Gasteiger partial charge in [-0.15, -0.1) is 0 Å². The van der Waals surface area contributed by atoms with Crippen molar-refractivity contribution in [1.82, 2.24) is 4.57 Å². The molecule has 0 aliphatic carbocycles. The van der Waals surface area contributed by atoms with Crippen LogP contribution >= 0.6 is 22.6 Å². The SMILES string of the molecule is COCCCn1cc(CI)ccc1=O. The van der Waals surface area contributed by atoms with Crippen molar-refractivity contribution in [2.24, 2.45) is 0 Å². The smallest absolute Gasteiger partial charge is 0.250 e. The zero-order valence-corrected chi connectivity index (χ0v) is 10.4. The lowest BCUT2D eigenvalue weighted by Gasteiger charge is -2.06. The monoisotopic (exact) mass is 307 g/mol. The predicted molar refractivity (Wildman–Crippen MR) is 64.9 cm³/mol. The van der Waals surface area contributed by atoms with Gasteiger partial charge in [0.25, 0.3) is 5.56 Å². The Morgan fingerprint density at radius 2 is 2.29 bits per heavy atom. The van der Waals surface area contributed by atoms with Crippen molar-refractivity contribution in [3.8, 4) is 0 Å². The number of methoxy groups -OCH3 is 1. The van der Waals surface area contributed by atoms with E-state index in [0.29, 0.717) is 6.61 Å². The van der Waals surface area contributed by atoms with Gasteiger partial charge in [0.1, 0.15) is 0 Å². The van der Waals surface area contributed by atoms with E-state index in [-0.39, 0.29) is 5.56 Å². The van der Waals surface area contributed by atoms with Crippen molar-refractivity contribution in [1.29, 1.82) is 0 Å². The van der Waals surface area contributed by atoms with E-state index in [1.165, 1.54) is 5.56 Å². The highest BCUT2D eigenvalue weighted by Crippen LogP contribution is 2.02. The number of ether oxygens (including phenoxy) is 1. The van der Waals surface area contributed by atoms with Gasteiger partial charge in [-0.2, -0.15) is 0 Å². The summed E-state index contributed by atoms with van der Waals surface area (Å²) >= 11 is 2.29. The van der Waals surface area contributed by atoms with Crippen molar-refractivity contribution in [2.45, 2.75) is 17.4 Å². The first-order valence-electron chi connectivity index (χ1n) is 4.52. The molecule has 0 radical (unpaired) electrons. The maximum absolute atomic E-state index is 11.4. The van der Waals surface area contributed by atoms with Crippen LogP contribution in [0.1, 0.15) is 12.0 Å². The Morgan fingerprint density at radius 3 is 2.93 bits per heavy atom. The summed E-state index contributed by atoms with van der Waals surface area (Å²) in [5, 5.41) is 0. The Bertz CT molecular complexity index is 335. The summed E-state index contributed by atoms with van der Waals surface area (Å²) in [6, 6.07) is 3.50. The number of nitrogens with zero attached hydrogens (tertiary/aromatic N) is 1. The third kappa shape index (κ3) is 3.42. The molecule has 1 rings (SSSR count). The second-order valence-corrected chi connectivity index (χ2v) is 3.81. The molecule has 0 saturated heterocycles. The molecule has 0 atom stereocenters. The van der Waals surface area contributed by atoms with Crippen LogP contribution in [0.25, 0.3) is 0 Å². The first-order chi connectivity index (χ1) is 6.77. The van der Waals surface area contributed by atoms with Gasteiger partial charge >= 0.3 is 0 Å². The number of pyridine rings is 1. The van der Waals surface area contributed by atoms with E-state index < -0.39 is 0 Å². The highest BCUT2D eigenvalue weighted by Gasteiger charge is 1.97. The normalized spacial score (nSPS) is 10.4. The first-order valence-corrected chi connectivity index (χ1v) is 6.04. The van der Waals surface area contributed by atoms with Crippen LogP contribution in [0.15, 0.2) is 23.1 Å². The van der Waals surface area contributed by atoms with Gasteiger partial charge in [-0.3, -0.25) is 4.79 Å². The van der Waals surface area contributed by atoms with Crippen LogP contribution < -0.4 is 5.56 Å². The van der Waals surface area contributed by atoms with Crippen LogP contribution in [0.4, 0.5) is 0 Å². The molecule has 1 aromatic heterocycles. The summed E-state index contributed by atoms with van der Waals surface area (Å²) in [6.45, 7) is 1.43. The number of halogens is 1. The molecule has 0 aliphatic heterocycles. The van der Waals surface area contributed by atoms with Crippen molar-refractivity contribution < 1.29 is 4.74 Å². The molecule has 0 aliphatic rings. The lowest BCUT2D eigenvalue weighted by Crippen LogP contribution is -2.19. The molecule has 0 fully saturated rings. The first kappa shape index (κ1) is 11.7. The van der Waals surface area contributed by atoms with Crippen molar-refractivity contribution >= 4 is 22.6 Å². The standard InChI is InChI=1S/C10H14INO2/c1-14-6-2-5-12-8-9(7-11)3-4-10(12)13/h3-4,8H,2,5-7H2,1H3. The summed E-state index contributed by atoms with van der Waals surface area (Å²) < 4.78 is 7.62. The Labute approximate surface area is 97.2 Å². The Kier molecular flexibility index (Phi) is 5.17. The Morgan fingerprint density at radius 1 is 1.50 bits per heavy atom. The predicted octanol–water partition coefficient (Wildman–Crippen LogP) is 1.82. The van der Waals surface area contributed by atoms with E-state index in [9.17, 15) is 4.79 Å². The molecule has 1 aromatic rings. The summed E-state index contributed by atoms with van der Waals surface area (Å²) in [4.78, 5) is 11.4. The Hall–Kier alpha value is -0.360. The van der Waals surface area contributed by atoms with Crippen molar-refractivity contribution in [3.05, 3.63) is 34.2 Å². The molecular formula is C10H14INO2. The summed E-state index contributed by atoms with van der Waals surface area (Å²) in [5.74, 6) is 0. The maximum atomic E-state index is 11.4. The fourth-order valence-electron chi connectivity index (χ4n) is 1.21. The number of aromatic nitrogens is 1. The summed E-state index contributed by atoms with van der Waals surface area (Å²) in [6.07, 6.45) is 2.80. The average Bonchev–Trinajstić information content (AvgIpc) is 2.21. The van der Waals surface area contributed by atoms with Gasteiger partial charge in [0.15, 0.2) is 0 Å². The number of alkyl halides is 1. The summed E-state index contributed by atoms with van der Waals surface area (Å²) in [5.41, 5.74) is 1.25. The van der Waals surface area contributed by atoms with Crippen LogP contribution in [0.2, 0.25) is 0 Å². The quantitative estimate of drug-likeness (QED) is 0.472. The zero-order valence-electron chi connectivity index (χ0n) is 8.20. The molecule has 1 heterocycles. The molecule has 14 heavy (non-hydrogen) atoms. The largest absolute Gasteiger partial charge is 0.385 e. The van der Waals surface area contributed by atoms with Crippen LogP contribution in [0.5, 0.6) is 0 Å². The van der Waals surface area contributed by atoms with E-state index in [0.717, 1.165) is 17.4 Å². The van der Waals surface area contributed by atoms with E-state index in [4.69, 9.17) is 4.74 Å². The summed E-state index contributed by atoms with van der Waals surface area (Å²) in [7, 11) is 1.67. The second-order valence-electron chi connectivity index (χ2n) is 3.05. The fraction of sp³-hybridized carbons (Fsp3) is 0.500. The molecule has 0 saturated carbocycles. The van der Waals surface area contributed by atoms with Gasteiger partial charge in [0.05, 0.1) is 0 Å². The van der Waals surface area contributed by atoms with E-state index in [2.05, 4.69) is 22.6 Å². The van der Waals surface area contributed by atoms with Gasteiger partial charge in [-0.25, -0.2) is 0 Å². The molecule has 0 bridgehead atoms. The van der Waals surface area contributed by atoms with E-state index in [1.54, 1.807) is 17.7 Å². The molecule has 0 N–H and O–H groups in total. The Balaban J connectivity index is 2.69. The molecule has 4 heteroatoms. The minimum Gasteiger partial charge on any atom is -0.385 e. The number of hydrogen-bond acceptors (Lipinski definition) is 2. The zero-order chi connectivity index (χ0) is 10.4. The van der Waals surface area contributed by atoms with Gasteiger partial charge < -0.3 is 9.30 Å². The van der Waals surface area contributed by atoms with Crippen molar-refractivity contribution in [3.63, 3.8) is 0 Å². The maximum Gasteiger partial charge on any atom is 0.250 e. The minimum atomic E-state index is 0.0645. The molecule has 0 unspecified atom stereocenters. The van der Waals surface area contributed by atoms with Gasteiger partial charge in [-0.1, -0.05) is 28.7 Å². The van der Waals surface area contributed by atoms with Gasteiger partial charge in [0.2, 0.25) is 0 Å². The molecular weight excluding hydrogens is 293 g/mol. The second kappa shape index (κ2) is 6.19. The van der Waals surface area contributed by atoms with Crippen LogP contribution in [-0.2, 0) is 15.7 Å². The van der Waals surface area contributed by atoms with E-state index >= 15 is 0 Å². The number of hydrogen-bond donors (Lipinski definition) is 0. The van der Waals surface area contributed by atoms with E-state index in [1.807, 2.05) is 12.3 Å². The molecule has 3 nitrogen and oxygen atoms in total. The van der Waals surface area contributed by atoms with Gasteiger partial charge in [0, 0.05) is 37.0 Å². The lowest BCUT2D eigenvalue weighted by atomic mass is 10.3. The lowest BCUT2D eigenvalue weighted by molar-refractivity contribution is 0.190. The highest BCUT2D eigenvalue weighted by atomic mass is 127. The minimum absolute atomic E-state index is 0.0645. The third-order valence-electron chi connectivity index (χ3n) is 1.95. The van der Waals surface area contributed by atoms with Crippen LogP contribution in [0, 0.1) is 0 Å². The van der Waals surface area contributed by atoms with Crippen LogP contribution in [-0.4, -0.2) is 18.3 Å². The van der Waals surface area contributed by atoms with Crippen LogP contribution in [0.3, 0.4) is 0 Å². The molecule has 0 aromatic carbocycles. The molecule has 0 spiro atoms. The molecule has 0 amide bonds. The topological polar surface area (TPSA) is 31.2 Å². The average molecular weight is 307 g/mol.